The van der Waals surface area contributed by atoms with Crippen LogP contribution in [0.1, 0.15) is 0 Å². The lowest BCUT2D eigenvalue weighted by molar-refractivity contribution is 0.595. The van der Waals surface area contributed by atoms with Crippen LogP contribution in [0.2, 0.25) is 0 Å². The van der Waals surface area contributed by atoms with Crippen LogP contribution < -0.4 is 5.32 Å². The largest absolute Gasteiger partial charge is 0.340 e. The summed E-state index contributed by atoms with van der Waals surface area (Å²) in [6.45, 7) is 0. The van der Waals surface area contributed by atoms with E-state index < -0.39 is 10.0 Å². The number of benzene rings is 1. The zero-order chi connectivity index (χ0) is 18.3. The van der Waals surface area contributed by atoms with Gasteiger partial charge in [0.15, 0.2) is 0 Å². The summed E-state index contributed by atoms with van der Waals surface area (Å²) >= 11 is 0. The van der Waals surface area contributed by atoms with Crippen molar-refractivity contribution in [3.05, 3.63) is 60.8 Å². The van der Waals surface area contributed by atoms with E-state index in [0.717, 1.165) is 6.26 Å². The number of anilines is 2. The molecule has 4 rings (SSSR count). The molecular weight excluding hydrogens is 357 g/mol. The Morgan fingerprint density at radius 1 is 1.15 bits per heavy atom. The van der Waals surface area contributed by atoms with Gasteiger partial charge in [0.25, 0.3) is 0 Å². The second-order valence-corrected chi connectivity index (χ2v) is 7.64. The molecular formula is C17H14FN5O2S. The van der Waals surface area contributed by atoms with Crippen molar-refractivity contribution in [3.8, 4) is 11.3 Å². The topological polar surface area (TPSA) is 92.7 Å². The molecule has 0 amide bonds. The second-order valence-electron chi connectivity index (χ2n) is 5.80. The molecule has 0 atom stereocenters. The highest BCUT2D eigenvalue weighted by Gasteiger charge is 2.19. The third kappa shape index (κ3) is 2.92. The molecule has 7 nitrogen and oxygen atoms in total. The quantitative estimate of drug-likeness (QED) is 0.575. The van der Waals surface area contributed by atoms with Gasteiger partial charge in [-0.15, -0.1) is 0 Å². The maximum Gasteiger partial charge on any atom is 0.236 e. The molecule has 4 aromatic rings. The van der Waals surface area contributed by atoms with Crippen LogP contribution in [-0.2, 0) is 10.0 Å². The smallest absolute Gasteiger partial charge is 0.236 e. The fourth-order valence-corrected chi connectivity index (χ4v) is 3.81. The summed E-state index contributed by atoms with van der Waals surface area (Å²) < 4.78 is 39.1. The van der Waals surface area contributed by atoms with E-state index in [1.165, 1.54) is 16.1 Å². The van der Waals surface area contributed by atoms with Crippen LogP contribution in [0.25, 0.3) is 22.2 Å². The molecule has 1 aromatic carbocycles. The number of H-pyrrole nitrogens is 1. The Labute approximate surface area is 148 Å². The average molecular weight is 371 g/mol. The van der Waals surface area contributed by atoms with Gasteiger partial charge in [-0.3, -0.25) is 5.10 Å². The van der Waals surface area contributed by atoms with Crippen molar-refractivity contribution < 1.29 is 12.8 Å². The van der Waals surface area contributed by atoms with Crippen molar-refractivity contribution in [3.63, 3.8) is 0 Å². The van der Waals surface area contributed by atoms with Crippen molar-refractivity contribution in [1.82, 2.24) is 19.2 Å². The van der Waals surface area contributed by atoms with Gasteiger partial charge in [-0.1, -0.05) is 0 Å². The standard InChI is InChI=1S/C17H14FN5O2S/c1-26(24,25)23-15(12-9-20-21-10-12)6-11-8-19-17(7-16(11)23)22-14-4-2-13(18)3-5-14/h2-10H,1H3,(H,19,22)(H,20,21). The highest BCUT2D eigenvalue weighted by atomic mass is 32.2. The van der Waals surface area contributed by atoms with E-state index in [-0.39, 0.29) is 5.82 Å². The summed E-state index contributed by atoms with van der Waals surface area (Å²) in [6.07, 6.45) is 5.91. The average Bonchev–Trinajstić information content (AvgIpc) is 3.22. The van der Waals surface area contributed by atoms with Gasteiger partial charge in [0.05, 0.1) is 23.7 Å². The first-order valence-electron chi connectivity index (χ1n) is 7.65. The molecule has 3 heterocycles. The van der Waals surface area contributed by atoms with E-state index in [1.54, 1.807) is 42.9 Å². The lowest BCUT2D eigenvalue weighted by Crippen LogP contribution is -2.11. The molecule has 0 spiro atoms. The summed E-state index contributed by atoms with van der Waals surface area (Å²) in [6, 6.07) is 9.20. The van der Waals surface area contributed by atoms with Gasteiger partial charge >= 0.3 is 0 Å². The third-order valence-electron chi connectivity index (χ3n) is 3.88. The number of hydrogen-bond acceptors (Lipinski definition) is 5. The number of nitrogens with zero attached hydrogens (tertiary/aromatic N) is 3. The normalized spacial score (nSPS) is 11.8. The van der Waals surface area contributed by atoms with Crippen LogP contribution in [0.15, 0.2) is 55.0 Å². The highest BCUT2D eigenvalue weighted by molar-refractivity contribution is 7.89. The lowest BCUT2D eigenvalue weighted by Gasteiger charge is -2.09. The van der Waals surface area contributed by atoms with Crippen molar-refractivity contribution in [2.45, 2.75) is 0 Å². The SMILES string of the molecule is CS(=O)(=O)n1c(-c2cn[nH]c2)cc2cnc(Nc3ccc(F)cc3)cc21. The number of fused-ring (bicyclic) bond motifs is 1. The predicted octanol–water partition coefficient (Wildman–Crippen LogP) is 3.12. The summed E-state index contributed by atoms with van der Waals surface area (Å²) in [5, 5.41) is 10.3. The summed E-state index contributed by atoms with van der Waals surface area (Å²) in [5.41, 5.74) is 2.28. The van der Waals surface area contributed by atoms with E-state index in [0.29, 0.717) is 33.7 Å². The van der Waals surface area contributed by atoms with Crippen LogP contribution in [-0.4, -0.2) is 33.8 Å². The molecule has 0 aliphatic carbocycles. The summed E-state index contributed by atoms with van der Waals surface area (Å²) in [5.74, 6) is 0.112. The molecule has 0 radical (unpaired) electrons. The maximum atomic E-state index is 13.0. The fourth-order valence-electron chi connectivity index (χ4n) is 2.78. The van der Waals surface area contributed by atoms with Gasteiger partial charge in [0, 0.05) is 35.1 Å². The van der Waals surface area contributed by atoms with Crippen molar-refractivity contribution in [2.24, 2.45) is 0 Å². The maximum absolute atomic E-state index is 13.0. The van der Waals surface area contributed by atoms with Gasteiger partial charge in [-0.2, -0.15) is 5.10 Å². The summed E-state index contributed by atoms with van der Waals surface area (Å²) in [4.78, 5) is 4.31. The summed E-state index contributed by atoms with van der Waals surface area (Å²) in [7, 11) is -3.57. The third-order valence-corrected chi connectivity index (χ3v) is 4.94. The van der Waals surface area contributed by atoms with Crippen LogP contribution in [0.5, 0.6) is 0 Å². The zero-order valence-electron chi connectivity index (χ0n) is 13.6. The minimum atomic E-state index is -3.57. The molecule has 3 aromatic heterocycles. The van der Waals surface area contributed by atoms with Crippen LogP contribution in [0.3, 0.4) is 0 Å². The second kappa shape index (κ2) is 5.95. The first-order chi connectivity index (χ1) is 12.4. The number of rotatable bonds is 4. The predicted molar refractivity (Wildman–Crippen MR) is 97.2 cm³/mol. The van der Waals surface area contributed by atoms with E-state index in [1.807, 2.05) is 0 Å². The molecule has 0 aliphatic heterocycles. The van der Waals surface area contributed by atoms with Crippen LogP contribution in [0.4, 0.5) is 15.9 Å². The minimum absolute atomic E-state index is 0.338. The Balaban J connectivity index is 1.86. The number of aromatic nitrogens is 4. The Morgan fingerprint density at radius 3 is 2.58 bits per heavy atom. The van der Waals surface area contributed by atoms with Crippen molar-refractivity contribution >= 4 is 32.4 Å². The van der Waals surface area contributed by atoms with Gasteiger partial charge < -0.3 is 5.32 Å². The fraction of sp³-hybridized carbons (Fsp3) is 0.0588. The van der Waals surface area contributed by atoms with Gasteiger partial charge in [-0.05, 0) is 30.3 Å². The Bertz CT molecular complexity index is 1180. The van der Waals surface area contributed by atoms with E-state index in [9.17, 15) is 12.8 Å². The molecule has 2 N–H and O–H groups in total. The van der Waals surface area contributed by atoms with E-state index in [4.69, 9.17) is 0 Å². The molecule has 0 unspecified atom stereocenters. The lowest BCUT2D eigenvalue weighted by atomic mass is 10.2. The first-order valence-corrected chi connectivity index (χ1v) is 9.50. The molecule has 26 heavy (non-hydrogen) atoms. The number of nitrogens with one attached hydrogen (secondary N) is 2. The highest BCUT2D eigenvalue weighted by Crippen LogP contribution is 2.30. The Morgan fingerprint density at radius 2 is 1.92 bits per heavy atom. The van der Waals surface area contributed by atoms with Crippen molar-refractivity contribution in [1.29, 1.82) is 0 Å². The van der Waals surface area contributed by atoms with Crippen LogP contribution >= 0.6 is 0 Å². The van der Waals surface area contributed by atoms with E-state index in [2.05, 4.69) is 20.5 Å². The number of halogens is 1. The van der Waals surface area contributed by atoms with Gasteiger partial charge in [0.2, 0.25) is 10.0 Å². The molecule has 0 fully saturated rings. The molecule has 0 bridgehead atoms. The Hall–Kier alpha value is -3.20. The zero-order valence-corrected chi connectivity index (χ0v) is 14.5. The molecule has 0 aliphatic rings. The number of pyridine rings is 1. The van der Waals surface area contributed by atoms with Gasteiger partial charge in [0.1, 0.15) is 11.6 Å². The van der Waals surface area contributed by atoms with Crippen LogP contribution in [0, 0.1) is 5.82 Å². The van der Waals surface area contributed by atoms with Crippen molar-refractivity contribution in [2.75, 3.05) is 11.6 Å². The number of hydrogen-bond donors (Lipinski definition) is 2. The molecule has 132 valence electrons. The minimum Gasteiger partial charge on any atom is -0.340 e. The first kappa shape index (κ1) is 16.3. The Kier molecular flexibility index (Phi) is 3.73. The van der Waals surface area contributed by atoms with Gasteiger partial charge in [-0.25, -0.2) is 21.8 Å². The molecule has 9 heteroatoms. The molecule has 0 saturated heterocycles. The van der Waals surface area contributed by atoms with E-state index >= 15 is 0 Å². The monoisotopic (exact) mass is 371 g/mol. The molecule has 0 saturated carbocycles. The number of aromatic amines is 1.